The third-order valence-electron chi connectivity index (χ3n) is 4.64. The van der Waals surface area contributed by atoms with Crippen molar-refractivity contribution in [2.24, 2.45) is 5.10 Å². The molecule has 0 spiro atoms. The Kier molecular flexibility index (Phi) is 3.99. The van der Waals surface area contributed by atoms with E-state index in [1.807, 2.05) is 60.8 Å². The summed E-state index contributed by atoms with van der Waals surface area (Å²) in [5.41, 5.74) is 4.88. The summed E-state index contributed by atoms with van der Waals surface area (Å²) < 4.78 is 1.61. The number of tetrazole rings is 1. The van der Waals surface area contributed by atoms with Gasteiger partial charge in [0.2, 0.25) is 0 Å². The van der Waals surface area contributed by atoms with E-state index in [0.29, 0.717) is 5.95 Å². The highest BCUT2D eigenvalue weighted by Gasteiger charge is 2.08. The topological polar surface area (TPSA) is 68.0 Å². The zero-order valence-electron chi connectivity index (χ0n) is 14.9. The van der Waals surface area contributed by atoms with Gasteiger partial charge in [-0.05, 0) is 50.2 Å². The number of hydrogen-bond donors (Lipinski definition) is 1. The largest absolute Gasteiger partial charge is 0.268 e. The molecule has 0 amide bonds. The Morgan fingerprint density at radius 2 is 1.43 bits per heavy atom. The molecule has 1 heterocycles. The van der Waals surface area contributed by atoms with Crippen molar-refractivity contribution in [1.82, 2.24) is 20.2 Å². The first-order valence-electron chi connectivity index (χ1n) is 8.93. The molecule has 0 saturated carbocycles. The lowest BCUT2D eigenvalue weighted by Crippen LogP contribution is -2.03. The third kappa shape index (κ3) is 2.87. The Labute approximate surface area is 161 Å². The molecule has 6 nitrogen and oxygen atoms in total. The van der Waals surface area contributed by atoms with Gasteiger partial charge in [-0.25, -0.2) is 5.43 Å². The molecule has 0 fully saturated rings. The highest BCUT2D eigenvalue weighted by atomic mass is 15.6. The van der Waals surface area contributed by atoms with E-state index in [-0.39, 0.29) is 0 Å². The second kappa shape index (κ2) is 6.92. The number of aromatic nitrogens is 4. The monoisotopic (exact) mass is 364 g/mol. The van der Waals surface area contributed by atoms with Crippen molar-refractivity contribution in [3.63, 3.8) is 0 Å². The van der Waals surface area contributed by atoms with E-state index in [9.17, 15) is 0 Å². The van der Waals surface area contributed by atoms with Crippen molar-refractivity contribution in [3.05, 3.63) is 90.5 Å². The Morgan fingerprint density at radius 1 is 0.786 bits per heavy atom. The average Bonchev–Trinajstić information content (AvgIpc) is 3.22. The fourth-order valence-corrected chi connectivity index (χ4v) is 3.34. The number of nitrogens with one attached hydrogen (secondary N) is 1. The summed E-state index contributed by atoms with van der Waals surface area (Å²) in [5.74, 6) is 0.451. The molecule has 0 bridgehead atoms. The molecule has 0 atom stereocenters. The van der Waals surface area contributed by atoms with Crippen LogP contribution in [0.25, 0.3) is 27.2 Å². The van der Waals surface area contributed by atoms with Crippen LogP contribution in [0.4, 0.5) is 5.95 Å². The van der Waals surface area contributed by atoms with Crippen LogP contribution in [0.2, 0.25) is 0 Å². The number of nitrogens with zero attached hydrogens (tertiary/aromatic N) is 5. The fourth-order valence-electron chi connectivity index (χ4n) is 3.34. The van der Waals surface area contributed by atoms with Crippen molar-refractivity contribution in [2.75, 3.05) is 5.43 Å². The first-order valence-corrected chi connectivity index (χ1v) is 8.93. The number of rotatable bonds is 4. The summed E-state index contributed by atoms with van der Waals surface area (Å²) in [6, 6.07) is 28.5. The molecule has 0 aliphatic carbocycles. The molecule has 1 N–H and O–H groups in total. The normalized spacial score (nSPS) is 11.4. The van der Waals surface area contributed by atoms with Gasteiger partial charge in [0.25, 0.3) is 5.95 Å². The molecule has 134 valence electrons. The van der Waals surface area contributed by atoms with Gasteiger partial charge in [0, 0.05) is 5.56 Å². The average molecular weight is 364 g/mol. The van der Waals surface area contributed by atoms with Crippen molar-refractivity contribution >= 4 is 33.7 Å². The van der Waals surface area contributed by atoms with Crippen LogP contribution in [0.3, 0.4) is 0 Å². The number of benzene rings is 4. The fraction of sp³-hybridized carbons (Fsp3) is 0. The van der Waals surface area contributed by atoms with Gasteiger partial charge in [-0.1, -0.05) is 71.8 Å². The van der Waals surface area contributed by atoms with Gasteiger partial charge in [-0.2, -0.15) is 9.78 Å². The van der Waals surface area contributed by atoms with Gasteiger partial charge in [-0.15, -0.1) is 0 Å². The quantitative estimate of drug-likeness (QED) is 0.291. The van der Waals surface area contributed by atoms with E-state index in [4.69, 9.17) is 0 Å². The van der Waals surface area contributed by atoms with E-state index < -0.39 is 0 Å². The molecule has 0 saturated heterocycles. The van der Waals surface area contributed by atoms with Crippen LogP contribution in [0.1, 0.15) is 5.56 Å². The second-order valence-corrected chi connectivity index (χ2v) is 6.35. The zero-order valence-corrected chi connectivity index (χ0v) is 14.9. The van der Waals surface area contributed by atoms with Crippen LogP contribution in [0.15, 0.2) is 90.0 Å². The molecule has 5 aromatic rings. The lowest BCUT2D eigenvalue weighted by molar-refractivity contribution is 0.790. The van der Waals surface area contributed by atoms with Crippen LogP contribution < -0.4 is 5.43 Å². The zero-order chi connectivity index (χ0) is 18.8. The van der Waals surface area contributed by atoms with Crippen molar-refractivity contribution in [2.45, 2.75) is 0 Å². The highest BCUT2D eigenvalue weighted by Crippen LogP contribution is 2.27. The van der Waals surface area contributed by atoms with E-state index in [1.165, 1.54) is 10.8 Å². The van der Waals surface area contributed by atoms with E-state index in [1.54, 1.807) is 4.68 Å². The molecule has 1 aromatic heterocycles. The van der Waals surface area contributed by atoms with Crippen molar-refractivity contribution in [3.8, 4) is 5.69 Å². The number of fused-ring (bicyclic) bond motifs is 2. The molecule has 28 heavy (non-hydrogen) atoms. The van der Waals surface area contributed by atoms with E-state index in [2.05, 4.69) is 56.4 Å². The predicted molar refractivity (Wildman–Crippen MR) is 112 cm³/mol. The van der Waals surface area contributed by atoms with Crippen LogP contribution in [-0.2, 0) is 0 Å². The maximum Gasteiger partial charge on any atom is 0.268 e. The molecular formula is C22H16N6. The lowest BCUT2D eigenvalue weighted by atomic mass is 9.97. The summed E-state index contributed by atoms with van der Waals surface area (Å²) in [5, 5.41) is 20.9. The third-order valence-corrected chi connectivity index (χ3v) is 4.64. The van der Waals surface area contributed by atoms with E-state index >= 15 is 0 Å². The van der Waals surface area contributed by atoms with Crippen molar-refractivity contribution < 1.29 is 0 Å². The second-order valence-electron chi connectivity index (χ2n) is 6.35. The lowest BCUT2D eigenvalue weighted by Gasteiger charge is -2.08. The van der Waals surface area contributed by atoms with Crippen LogP contribution in [0, 0.1) is 0 Å². The summed E-state index contributed by atoms with van der Waals surface area (Å²) in [6.45, 7) is 0. The smallest absolute Gasteiger partial charge is 0.244 e. The Hall–Kier alpha value is -4.06. The first kappa shape index (κ1) is 16.1. The maximum atomic E-state index is 4.43. The minimum absolute atomic E-state index is 0.451. The molecule has 0 aliphatic heterocycles. The minimum atomic E-state index is 0.451. The molecule has 5 rings (SSSR count). The summed E-state index contributed by atoms with van der Waals surface area (Å²) in [6.07, 6.45) is 1.83. The van der Waals surface area contributed by atoms with Crippen LogP contribution in [0.5, 0.6) is 0 Å². The summed E-state index contributed by atoms with van der Waals surface area (Å²) >= 11 is 0. The number of hydrazone groups is 1. The molecular weight excluding hydrogens is 348 g/mol. The predicted octanol–water partition coefficient (Wildman–Crippen LogP) is 4.41. The summed E-state index contributed by atoms with van der Waals surface area (Å²) in [4.78, 5) is 0. The Balaban J connectivity index is 1.54. The number of anilines is 1. The van der Waals surface area contributed by atoms with Gasteiger partial charge in [0.1, 0.15) is 0 Å². The van der Waals surface area contributed by atoms with Gasteiger partial charge >= 0.3 is 0 Å². The van der Waals surface area contributed by atoms with Gasteiger partial charge in [-0.3, -0.25) is 0 Å². The van der Waals surface area contributed by atoms with Gasteiger partial charge in [0.15, 0.2) is 0 Å². The first-order chi connectivity index (χ1) is 13.9. The maximum absolute atomic E-state index is 4.43. The molecule has 6 heteroatoms. The van der Waals surface area contributed by atoms with Gasteiger partial charge < -0.3 is 0 Å². The molecule has 4 aromatic carbocycles. The standard InChI is InChI=1S/C22H16N6/c1-2-10-18(11-3-1)28-22(25-26-27-28)24-23-15-21-19-12-6-4-8-16(19)14-17-9-5-7-13-20(17)21/h1-15H,(H,24,25,27)/b23-15+. The molecule has 0 radical (unpaired) electrons. The Morgan fingerprint density at radius 3 is 2.14 bits per heavy atom. The number of hydrogen-bond acceptors (Lipinski definition) is 5. The van der Waals surface area contributed by atoms with Crippen LogP contribution in [-0.4, -0.2) is 26.4 Å². The SMILES string of the molecule is C(=N\Nc1nnnn1-c1ccccc1)/c1c2ccccc2cc2ccccc12. The molecule has 0 unspecified atom stereocenters. The van der Waals surface area contributed by atoms with E-state index in [0.717, 1.165) is 22.0 Å². The molecule has 0 aliphatic rings. The Bertz CT molecular complexity index is 1240. The highest BCUT2D eigenvalue weighted by molar-refractivity contribution is 6.13. The summed E-state index contributed by atoms with van der Waals surface area (Å²) in [7, 11) is 0. The van der Waals surface area contributed by atoms with Crippen molar-refractivity contribution in [1.29, 1.82) is 0 Å². The number of para-hydroxylation sites is 1. The van der Waals surface area contributed by atoms with Gasteiger partial charge in [0.05, 0.1) is 11.9 Å². The van der Waals surface area contributed by atoms with Crippen LogP contribution >= 0.6 is 0 Å². The minimum Gasteiger partial charge on any atom is -0.244 e.